The fraction of sp³-hybridized carbons (Fsp3) is 0.562. The van der Waals surface area contributed by atoms with Gasteiger partial charge in [-0.1, -0.05) is 31.2 Å². The molecule has 0 saturated carbocycles. The van der Waals surface area contributed by atoms with Gasteiger partial charge in [0.2, 0.25) is 0 Å². The van der Waals surface area contributed by atoms with Crippen molar-refractivity contribution in [3.8, 4) is 0 Å². The molecular weight excluding hydrogens is 266 g/mol. The molecule has 1 saturated heterocycles. The van der Waals surface area contributed by atoms with E-state index in [0.29, 0.717) is 19.1 Å². The van der Waals surface area contributed by atoms with E-state index >= 15 is 0 Å². The van der Waals surface area contributed by atoms with Gasteiger partial charge in [0.05, 0.1) is 0 Å². The molecule has 1 aliphatic heterocycles. The van der Waals surface area contributed by atoms with Crippen LogP contribution in [0.4, 0.5) is 4.79 Å². The smallest absolute Gasteiger partial charge is 0.407 e. The van der Waals surface area contributed by atoms with Gasteiger partial charge in [-0.2, -0.15) is 0 Å². The van der Waals surface area contributed by atoms with Crippen molar-refractivity contribution in [2.75, 3.05) is 26.2 Å². The van der Waals surface area contributed by atoms with Crippen LogP contribution in [-0.2, 0) is 0 Å². The highest BCUT2D eigenvalue weighted by molar-refractivity contribution is 5.65. The second-order valence-electron chi connectivity index (χ2n) is 5.68. The van der Waals surface area contributed by atoms with Gasteiger partial charge >= 0.3 is 6.09 Å². The molecule has 2 atom stereocenters. The Hall–Kier alpha value is -1.59. The molecule has 0 bridgehead atoms. The summed E-state index contributed by atoms with van der Waals surface area (Å²) in [6.07, 6.45) is 0.203. The summed E-state index contributed by atoms with van der Waals surface area (Å²) in [6, 6.07) is 8.89. The topological polar surface area (TPSA) is 69.8 Å². The highest BCUT2D eigenvalue weighted by Gasteiger charge is 2.25. The summed E-state index contributed by atoms with van der Waals surface area (Å²) < 4.78 is 0. The second-order valence-corrected chi connectivity index (χ2v) is 5.68. The van der Waals surface area contributed by atoms with E-state index < -0.39 is 6.09 Å². The van der Waals surface area contributed by atoms with Crippen LogP contribution < -0.4 is 5.73 Å². The van der Waals surface area contributed by atoms with E-state index in [4.69, 9.17) is 10.8 Å². The minimum atomic E-state index is -0.816. The van der Waals surface area contributed by atoms with Crippen LogP contribution in [-0.4, -0.2) is 47.2 Å². The number of piperazine rings is 1. The van der Waals surface area contributed by atoms with Crippen molar-refractivity contribution in [3.05, 3.63) is 35.4 Å². The first-order valence-electron chi connectivity index (χ1n) is 7.60. The molecule has 0 radical (unpaired) electrons. The fourth-order valence-electron chi connectivity index (χ4n) is 2.95. The SMILES string of the molecule is CCC(c1ccc(C(C)N)cc1)N1CCN(C(=O)O)CC1. The lowest BCUT2D eigenvalue weighted by molar-refractivity contribution is 0.0835. The van der Waals surface area contributed by atoms with Gasteiger partial charge in [-0.3, -0.25) is 4.90 Å². The molecule has 1 aromatic carbocycles. The highest BCUT2D eigenvalue weighted by Crippen LogP contribution is 2.26. The summed E-state index contributed by atoms with van der Waals surface area (Å²) in [4.78, 5) is 14.8. The van der Waals surface area contributed by atoms with E-state index in [-0.39, 0.29) is 6.04 Å². The summed E-state index contributed by atoms with van der Waals surface area (Å²) in [5.41, 5.74) is 8.31. The van der Waals surface area contributed by atoms with Gasteiger partial charge in [0, 0.05) is 38.3 Å². The van der Waals surface area contributed by atoms with Gasteiger partial charge < -0.3 is 15.7 Å². The molecule has 21 heavy (non-hydrogen) atoms. The number of nitrogens with zero attached hydrogens (tertiary/aromatic N) is 2. The molecule has 5 nitrogen and oxygen atoms in total. The van der Waals surface area contributed by atoms with Crippen LogP contribution in [0.1, 0.15) is 43.5 Å². The average Bonchev–Trinajstić information content (AvgIpc) is 2.49. The first-order valence-corrected chi connectivity index (χ1v) is 7.60. The largest absolute Gasteiger partial charge is 0.465 e. The average molecular weight is 291 g/mol. The lowest BCUT2D eigenvalue weighted by Crippen LogP contribution is -2.49. The van der Waals surface area contributed by atoms with Gasteiger partial charge in [-0.05, 0) is 24.5 Å². The lowest BCUT2D eigenvalue weighted by atomic mass is 9.99. The Morgan fingerprint density at radius 2 is 1.71 bits per heavy atom. The number of hydrogen-bond acceptors (Lipinski definition) is 3. The van der Waals surface area contributed by atoms with Gasteiger partial charge in [0.25, 0.3) is 0 Å². The third kappa shape index (κ3) is 3.74. The molecule has 2 unspecified atom stereocenters. The minimum Gasteiger partial charge on any atom is -0.465 e. The summed E-state index contributed by atoms with van der Waals surface area (Å²) >= 11 is 0. The molecular formula is C16H25N3O2. The standard InChI is InChI=1S/C16H25N3O2/c1-3-15(14-6-4-13(5-7-14)12(2)17)18-8-10-19(11-9-18)16(20)21/h4-7,12,15H,3,8-11,17H2,1-2H3,(H,20,21). The van der Waals surface area contributed by atoms with Crippen molar-refractivity contribution >= 4 is 6.09 Å². The third-order valence-electron chi connectivity index (χ3n) is 4.26. The van der Waals surface area contributed by atoms with Crippen molar-refractivity contribution in [2.45, 2.75) is 32.4 Å². The molecule has 1 aromatic rings. The number of nitrogens with two attached hydrogens (primary N) is 1. The number of hydrogen-bond donors (Lipinski definition) is 2. The second kappa shape index (κ2) is 6.91. The van der Waals surface area contributed by atoms with Crippen LogP contribution in [0.3, 0.4) is 0 Å². The van der Waals surface area contributed by atoms with Gasteiger partial charge in [-0.25, -0.2) is 4.79 Å². The summed E-state index contributed by atoms with van der Waals surface area (Å²) in [5, 5.41) is 9.02. The first kappa shape index (κ1) is 15.8. The van der Waals surface area contributed by atoms with E-state index in [1.807, 2.05) is 6.92 Å². The van der Waals surface area contributed by atoms with Crippen molar-refractivity contribution < 1.29 is 9.90 Å². The molecule has 5 heteroatoms. The van der Waals surface area contributed by atoms with Crippen LogP contribution in [0.25, 0.3) is 0 Å². The van der Waals surface area contributed by atoms with Gasteiger partial charge in [0.1, 0.15) is 0 Å². The molecule has 0 aromatic heterocycles. The van der Waals surface area contributed by atoms with E-state index in [9.17, 15) is 4.79 Å². The Labute approximate surface area is 126 Å². The van der Waals surface area contributed by atoms with Crippen molar-refractivity contribution in [2.24, 2.45) is 5.73 Å². The minimum absolute atomic E-state index is 0.0539. The van der Waals surface area contributed by atoms with Crippen LogP contribution in [0.2, 0.25) is 0 Å². The molecule has 1 fully saturated rings. The Kier molecular flexibility index (Phi) is 5.20. The third-order valence-corrected chi connectivity index (χ3v) is 4.26. The Morgan fingerprint density at radius 3 is 2.14 bits per heavy atom. The molecule has 0 spiro atoms. The first-order chi connectivity index (χ1) is 10.0. The number of amides is 1. The van der Waals surface area contributed by atoms with E-state index in [2.05, 4.69) is 36.1 Å². The van der Waals surface area contributed by atoms with E-state index in [1.54, 1.807) is 0 Å². The Bertz CT molecular complexity index is 465. The monoisotopic (exact) mass is 291 g/mol. The number of benzene rings is 1. The van der Waals surface area contributed by atoms with Gasteiger partial charge in [-0.15, -0.1) is 0 Å². The zero-order valence-electron chi connectivity index (χ0n) is 12.8. The van der Waals surface area contributed by atoms with Crippen LogP contribution >= 0.6 is 0 Å². The lowest BCUT2D eigenvalue weighted by Gasteiger charge is -2.38. The Balaban J connectivity index is 2.04. The fourth-order valence-corrected chi connectivity index (χ4v) is 2.95. The maximum absolute atomic E-state index is 11.0. The van der Waals surface area contributed by atoms with Crippen molar-refractivity contribution in [1.82, 2.24) is 9.80 Å². The van der Waals surface area contributed by atoms with Crippen molar-refractivity contribution in [3.63, 3.8) is 0 Å². The molecule has 3 N–H and O–H groups in total. The number of rotatable bonds is 4. The maximum atomic E-state index is 11.0. The molecule has 116 valence electrons. The molecule has 1 aliphatic rings. The van der Waals surface area contributed by atoms with Crippen molar-refractivity contribution in [1.29, 1.82) is 0 Å². The zero-order chi connectivity index (χ0) is 15.4. The summed E-state index contributed by atoms with van der Waals surface area (Å²) in [6.45, 7) is 6.92. The zero-order valence-corrected chi connectivity index (χ0v) is 12.8. The van der Waals surface area contributed by atoms with Crippen LogP contribution in [0, 0.1) is 0 Å². The predicted octanol–water partition coefficient (Wildman–Crippen LogP) is 2.45. The maximum Gasteiger partial charge on any atom is 0.407 e. The van der Waals surface area contributed by atoms with E-state index in [1.165, 1.54) is 10.5 Å². The normalized spacial score (nSPS) is 19.3. The highest BCUT2D eigenvalue weighted by atomic mass is 16.4. The summed E-state index contributed by atoms with van der Waals surface area (Å²) in [7, 11) is 0. The number of carbonyl (C=O) groups is 1. The quantitative estimate of drug-likeness (QED) is 0.894. The van der Waals surface area contributed by atoms with Crippen LogP contribution in [0.5, 0.6) is 0 Å². The van der Waals surface area contributed by atoms with Gasteiger partial charge in [0.15, 0.2) is 0 Å². The van der Waals surface area contributed by atoms with E-state index in [0.717, 1.165) is 25.1 Å². The molecule has 0 aliphatic carbocycles. The molecule has 1 heterocycles. The summed E-state index contributed by atoms with van der Waals surface area (Å²) in [5.74, 6) is 0. The predicted molar refractivity (Wildman–Crippen MR) is 83.2 cm³/mol. The molecule has 1 amide bonds. The van der Waals surface area contributed by atoms with Crippen LogP contribution in [0.15, 0.2) is 24.3 Å². The Morgan fingerprint density at radius 1 is 1.19 bits per heavy atom. The molecule has 2 rings (SSSR count). The number of carboxylic acid groups (broad SMARTS) is 1.